The van der Waals surface area contributed by atoms with Crippen molar-refractivity contribution in [1.29, 1.82) is 0 Å². The van der Waals surface area contributed by atoms with Crippen LogP contribution in [0.3, 0.4) is 0 Å². The molecule has 132 valence electrons. The summed E-state index contributed by atoms with van der Waals surface area (Å²) >= 11 is 11.9. The Kier molecular flexibility index (Phi) is 5.63. The van der Waals surface area contributed by atoms with Crippen LogP contribution in [0.5, 0.6) is 0 Å². The molecule has 0 aliphatic carbocycles. The lowest BCUT2D eigenvalue weighted by Crippen LogP contribution is -2.12. The number of anilines is 1. The van der Waals surface area contributed by atoms with Crippen LogP contribution < -0.4 is 10.6 Å². The van der Waals surface area contributed by atoms with Gasteiger partial charge < -0.3 is 0 Å². The highest BCUT2D eigenvalue weighted by molar-refractivity contribution is 7.89. The number of sulfonamides is 1. The third-order valence-electron chi connectivity index (χ3n) is 3.16. The number of hydrogen-bond donors (Lipinski definition) is 2. The molecular weight excluding hydrogens is 391 g/mol. The van der Waals surface area contributed by atoms with E-state index in [1.165, 1.54) is 6.07 Å². The van der Waals surface area contributed by atoms with E-state index >= 15 is 0 Å². The van der Waals surface area contributed by atoms with E-state index in [0.717, 1.165) is 12.1 Å². The number of halogens is 2. The molecule has 11 heteroatoms. The second-order valence-electron chi connectivity index (χ2n) is 4.91. The summed E-state index contributed by atoms with van der Waals surface area (Å²) in [6.45, 7) is 1.65. The first-order valence-electron chi connectivity index (χ1n) is 6.66. The van der Waals surface area contributed by atoms with Gasteiger partial charge >= 0.3 is 0 Å². The predicted molar refractivity (Wildman–Crippen MR) is 96.8 cm³/mol. The van der Waals surface area contributed by atoms with Gasteiger partial charge in [0.05, 0.1) is 20.6 Å². The van der Waals surface area contributed by atoms with Crippen molar-refractivity contribution in [3.8, 4) is 0 Å². The quantitative estimate of drug-likeness (QED) is 0.449. The summed E-state index contributed by atoms with van der Waals surface area (Å²) in [5.41, 5.74) is 3.09. The summed E-state index contributed by atoms with van der Waals surface area (Å²) in [4.78, 5) is 10.0. The van der Waals surface area contributed by atoms with Gasteiger partial charge in [0.1, 0.15) is 5.69 Å². The lowest BCUT2D eigenvalue weighted by atomic mass is 10.1. The van der Waals surface area contributed by atoms with E-state index in [9.17, 15) is 18.5 Å². The maximum absolute atomic E-state index is 11.3. The lowest BCUT2D eigenvalue weighted by molar-refractivity contribution is -0.384. The van der Waals surface area contributed by atoms with Gasteiger partial charge in [0, 0.05) is 16.7 Å². The fourth-order valence-corrected chi connectivity index (χ4v) is 3.00. The van der Waals surface area contributed by atoms with Gasteiger partial charge in [-0.3, -0.25) is 15.5 Å². The molecular formula is C14H12Cl2N4O4S. The zero-order valence-electron chi connectivity index (χ0n) is 12.7. The van der Waals surface area contributed by atoms with E-state index in [-0.39, 0.29) is 10.6 Å². The Morgan fingerprint density at radius 2 is 1.92 bits per heavy atom. The minimum atomic E-state index is -4.06. The Hall–Kier alpha value is -2.20. The number of nitrogens with one attached hydrogen (secondary N) is 1. The van der Waals surface area contributed by atoms with Crippen LogP contribution in [-0.4, -0.2) is 19.1 Å². The van der Waals surface area contributed by atoms with Crippen LogP contribution in [0.15, 0.2) is 46.4 Å². The normalized spacial score (nSPS) is 12.1. The molecule has 0 radical (unpaired) electrons. The van der Waals surface area contributed by atoms with Crippen LogP contribution in [0.4, 0.5) is 11.4 Å². The Morgan fingerprint density at radius 1 is 1.24 bits per heavy atom. The Bertz CT molecular complexity index is 977. The number of nitro groups is 1. The van der Waals surface area contributed by atoms with Gasteiger partial charge in [-0.15, -0.1) is 0 Å². The average Bonchev–Trinajstić information content (AvgIpc) is 2.51. The molecule has 0 saturated carbocycles. The summed E-state index contributed by atoms with van der Waals surface area (Å²) in [7, 11) is -4.06. The van der Waals surface area contributed by atoms with Crippen LogP contribution in [0.1, 0.15) is 12.5 Å². The van der Waals surface area contributed by atoms with E-state index in [1.54, 1.807) is 25.1 Å². The molecule has 25 heavy (non-hydrogen) atoms. The molecule has 0 aromatic heterocycles. The summed E-state index contributed by atoms with van der Waals surface area (Å²) in [5.74, 6) is 0. The van der Waals surface area contributed by atoms with E-state index in [0.29, 0.717) is 21.3 Å². The largest absolute Gasteiger partial charge is 0.295 e. The van der Waals surface area contributed by atoms with Gasteiger partial charge in [-0.2, -0.15) is 5.10 Å². The van der Waals surface area contributed by atoms with Gasteiger partial charge in [-0.05, 0) is 31.2 Å². The lowest BCUT2D eigenvalue weighted by Gasteiger charge is -2.07. The average molecular weight is 403 g/mol. The molecule has 0 spiro atoms. The van der Waals surface area contributed by atoms with Crippen LogP contribution in [-0.2, 0) is 10.0 Å². The van der Waals surface area contributed by atoms with Crippen molar-refractivity contribution in [2.75, 3.05) is 5.43 Å². The minimum absolute atomic E-state index is 0.00170. The van der Waals surface area contributed by atoms with Crippen LogP contribution in [0.2, 0.25) is 10.0 Å². The fourth-order valence-electron chi connectivity index (χ4n) is 1.92. The predicted octanol–water partition coefficient (Wildman–Crippen LogP) is 3.39. The smallest absolute Gasteiger partial charge is 0.271 e. The molecule has 0 aliphatic rings. The molecule has 2 aromatic rings. The molecule has 2 aromatic carbocycles. The molecule has 0 aliphatic heterocycles. The minimum Gasteiger partial charge on any atom is -0.271 e. The van der Waals surface area contributed by atoms with Gasteiger partial charge in [0.2, 0.25) is 10.0 Å². The second-order valence-corrected chi connectivity index (χ2v) is 7.32. The third kappa shape index (κ3) is 4.67. The Labute approximate surface area is 153 Å². The number of benzene rings is 2. The number of nitro benzene ring substituents is 1. The zero-order valence-corrected chi connectivity index (χ0v) is 15.1. The topological polar surface area (TPSA) is 128 Å². The highest BCUT2D eigenvalue weighted by Gasteiger charge is 2.19. The summed E-state index contributed by atoms with van der Waals surface area (Å²) in [6.07, 6.45) is 0. The summed E-state index contributed by atoms with van der Waals surface area (Å²) < 4.78 is 22.6. The first-order chi connectivity index (χ1) is 11.6. The standard InChI is InChI=1S/C14H12Cl2N4O4S/c1-8(11-4-2-9(15)6-12(11)16)18-19-13-5-3-10(25(17,23)24)7-14(13)20(21)22/h2-7,19H,1H3,(H2,17,23,24)/b18-8-. The molecule has 0 atom stereocenters. The van der Waals surface area contributed by atoms with Gasteiger partial charge in [0.25, 0.3) is 5.69 Å². The number of nitrogens with zero attached hydrogens (tertiary/aromatic N) is 2. The SMILES string of the molecule is C/C(=N/Nc1ccc(S(N)(=O)=O)cc1[N+](=O)[O-])c1ccc(Cl)cc1Cl. The first-order valence-corrected chi connectivity index (χ1v) is 8.97. The maximum atomic E-state index is 11.3. The number of rotatable bonds is 5. The second kappa shape index (κ2) is 7.36. The van der Waals surface area contributed by atoms with Gasteiger partial charge in [0.15, 0.2) is 0 Å². The van der Waals surface area contributed by atoms with Crippen LogP contribution >= 0.6 is 23.2 Å². The number of hydrogen-bond acceptors (Lipinski definition) is 6. The third-order valence-corrected chi connectivity index (χ3v) is 4.62. The summed E-state index contributed by atoms with van der Waals surface area (Å²) in [6, 6.07) is 8.04. The van der Waals surface area contributed by atoms with Crippen molar-refractivity contribution >= 4 is 50.3 Å². The van der Waals surface area contributed by atoms with Crippen molar-refractivity contribution in [2.45, 2.75) is 11.8 Å². The van der Waals surface area contributed by atoms with E-state index in [4.69, 9.17) is 28.3 Å². The van der Waals surface area contributed by atoms with Crippen molar-refractivity contribution in [3.05, 3.63) is 62.1 Å². The van der Waals surface area contributed by atoms with Crippen molar-refractivity contribution in [1.82, 2.24) is 0 Å². The van der Waals surface area contributed by atoms with E-state index < -0.39 is 20.6 Å². The number of nitrogens with two attached hydrogens (primary N) is 1. The van der Waals surface area contributed by atoms with Gasteiger partial charge in [-0.25, -0.2) is 13.6 Å². The van der Waals surface area contributed by atoms with Crippen molar-refractivity contribution in [2.24, 2.45) is 10.2 Å². The number of hydrazone groups is 1. The van der Waals surface area contributed by atoms with Gasteiger partial charge in [-0.1, -0.05) is 29.3 Å². The monoisotopic (exact) mass is 402 g/mol. The van der Waals surface area contributed by atoms with Crippen molar-refractivity contribution < 1.29 is 13.3 Å². The fraction of sp³-hybridized carbons (Fsp3) is 0.0714. The maximum Gasteiger partial charge on any atom is 0.295 e. The molecule has 2 rings (SSSR count). The van der Waals surface area contributed by atoms with Crippen molar-refractivity contribution in [3.63, 3.8) is 0 Å². The Morgan fingerprint density at radius 3 is 2.48 bits per heavy atom. The molecule has 8 nitrogen and oxygen atoms in total. The van der Waals surface area contributed by atoms with E-state index in [2.05, 4.69) is 10.5 Å². The Balaban J connectivity index is 2.38. The molecule has 0 saturated heterocycles. The molecule has 3 N–H and O–H groups in total. The number of primary sulfonamides is 1. The summed E-state index contributed by atoms with van der Waals surface area (Å²) in [5, 5.41) is 21.0. The molecule has 0 fully saturated rings. The zero-order chi connectivity index (χ0) is 18.8. The highest BCUT2D eigenvalue weighted by Crippen LogP contribution is 2.28. The molecule has 0 unspecified atom stereocenters. The van der Waals surface area contributed by atoms with Crippen LogP contribution in [0.25, 0.3) is 0 Å². The highest BCUT2D eigenvalue weighted by atomic mass is 35.5. The van der Waals surface area contributed by atoms with Crippen LogP contribution in [0, 0.1) is 10.1 Å². The van der Waals surface area contributed by atoms with E-state index in [1.807, 2.05) is 0 Å². The molecule has 0 heterocycles. The first kappa shape index (κ1) is 19.1. The molecule has 0 amide bonds. The molecule has 0 bridgehead atoms.